The molecular weight excluding hydrogens is 570 g/mol. The van der Waals surface area contributed by atoms with Crippen molar-refractivity contribution in [3.05, 3.63) is 113 Å². The molecule has 1 aromatic heterocycles. The van der Waals surface area contributed by atoms with Gasteiger partial charge in [-0.1, -0.05) is 41.9 Å². The first kappa shape index (κ1) is 29.4. The molecule has 3 aromatic carbocycles. The van der Waals surface area contributed by atoms with Gasteiger partial charge in [-0.15, -0.1) is 0 Å². The summed E-state index contributed by atoms with van der Waals surface area (Å²) in [7, 11) is 0. The Labute approximate surface area is 246 Å². The van der Waals surface area contributed by atoms with Crippen LogP contribution < -0.4 is 15.0 Å². The van der Waals surface area contributed by atoms with E-state index in [-0.39, 0.29) is 17.7 Å². The van der Waals surface area contributed by atoms with Crippen molar-refractivity contribution in [2.45, 2.75) is 44.6 Å². The van der Waals surface area contributed by atoms with Crippen LogP contribution >= 0.6 is 11.6 Å². The zero-order valence-electron chi connectivity index (χ0n) is 22.9. The predicted octanol–water partition coefficient (Wildman–Crippen LogP) is 7.47. The van der Waals surface area contributed by atoms with E-state index in [0.717, 1.165) is 40.1 Å². The van der Waals surface area contributed by atoms with Crippen LogP contribution in [0.25, 0.3) is 11.1 Å². The smallest absolute Gasteiger partial charge is 0.417 e. The molecule has 218 valence electrons. The van der Waals surface area contributed by atoms with Crippen LogP contribution in [-0.2, 0) is 23.9 Å². The number of fused-ring (bicyclic) bond motifs is 1. The molecule has 1 unspecified atom stereocenters. The number of pyridine rings is 1. The van der Waals surface area contributed by atoms with Crippen LogP contribution in [0.15, 0.2) is 85.1 Å². The van der Waals surface area contributed by atoms with Gasteiger partial charge in [0, 0.05) is 36.1 Å². The molecule has 1 N–H and O–H groups in total. The Balaban J connectivity index is 1.37. The Morgan fingerprint density at radius 1 is 1.02 bits per heavy atom. The summed E-state index contributed by atoms with van der Waals surface area (Å²) in [5, 5.41) is 3.68. The predicted molar refractivity (Wildman–Crippen MR) is 154 cm³/mol. The largest absolute Gasteiger partial charge is 0.462 e. The molecule has 10 heteroatoms. The second kappa shape index (κ2) is 11.6. The summed E-state index contributed by atoms with van der Waals surface area (Å²) in [5.41, 5.74) is 2.47. The number of anilines is 1. The fraction of sp³-hybridized carbons (Fsp3) is 0.250. The molecule has 0 aliphatic carbocycles. The molecule has 0 saturated carbocycles. The number of aromatic nitrogens is 1. The molecule has 0 radical (unpaired) electrons. The van der Waals surface area contributed by atoms with Gasteiger partial charge in [0.05, 0.1) is 11.6 Å². The summed E-state index contributed by atoms with van der Waals surface area (Å²) in [6, 6.07) is 21.5. The van der Waals surface area contributed by atoms with Gasteiger partial charge in [-0.05, 0) is 85.0 Å². The van der Waals surface area contributed by atoms with Gasteiger partial charge in [-0.25, -0.2) is 9.37 Å². The second-order valence-electron chi connectivity index (χ2n) is 10.7. The summed E-state index contributed by atoms with van der Waals surface area (Å²) in [6.07, 6.45) is -3.33. The third-order valence-electron chi connectivity index (χ3n) is 7.07. The van der Waals surface area contributed by atoms with Gasteiger partial charge in [-0.2, -0.15) is 13.2 Å². The van der Waals surface area contributed by atoms with Crippen molar-refractivity contribution in [1.82, 2.24) is 10.3 Å². The maximum Gasteiger partial charge on any atom is 0.417 e. The summed E-state index contributed by atoms with van der Waals surface area (Å²) >= 11 is 6.23. The van der Waals surface area contributed by atoms with E-state index >= 15 is 0 Å². The minimum atomic E-state index is -4.52. The van der Waals surface area contributed by atoms with Gasteiger partial charge in [0.15, 0.2) is 5.60 Å². The molecule has 1 aliphatic rings. The van der Waals surface area contributed by atoms with Gasteiger partial charge in [0.1, 0.15) is 5.82 Å². The Kier molecular flexibility index (Phi) is 8.14. The SMILES string of the molecule is CC(C)(Oc1ccc(C(F)(F)F)cn1)C(=O)NC1Cc2cc(-c3ccc(F)cc3)ccc2N(Cc2cccc(Cl)c2)C1. The van der Waals surface area contributed by atoms with Crippen LogP contribution in [0.3, 0.4) is 0 Å². The first-order valence-corrected chi connectivity index (χ1v) is 13.7. The number of alkyl halides is 3. The molecule has 2 heterocycles. The van der Waals surface area contributed by atoms with Crippen LogP contribution in [0.5, 0.6) is 5.88 Å². The topological polar surface area (TPSA) is 54.5 Å². The molecule has 1 amide bonds. The third kappa shape index (κ3) is 6.85. The second-order valence-corrected chi connectivity index (χ2v) is 11.2. The number of hydrogen-bond donors (Lipinski definition) is 1. The molecule has 0 spiro atoms. The van der Waals surface area contributed by atoms with Gasteiger partial charge in [-0.3, -0.25) is 4.79 Å². The molecule has 5 nitrogen and oxygen atoms in total. The lowest BCUT2D eigenvalue weighted by molar-refractivity contribution is -0.138. The first-order chi connectivity index (χ1) is 19.9. The van der Waals surface area contributed by atoms with E-state index in [1.54, 1.807) is 18.2 Å². The number of ether oxygens (including phenoxy) is 1. The van der Waals surface area contributed by atoms with E-state index in [2.05, 4.69) is 15.2 Å². The van der Waals surface area contributed by atoms with Gasteiger partial charge < -0.3 is 15.0 Å². The number of nitrogens with one attached hydrogen (secondary N) is 1. The van der Waals surface area contributed by atoms with Crippen LogP contribution in [0, 0.1) is 5.82 Å². The molecule has 0 bridgehead atoms. The monoisotopic (exact) mass is 597 g/mol. The highest BCUT2D eigenvalue weighted by molar-refractivity contribution is 6.30. The normalized spacial score (nSPS) is 15.2. The highest BCUT2D eigenvalue weighted by Gasteiger charge is 2.35. The van der Waals surface area contributed by atoms with Gasteiger partial charge in [0.2, 0.25) is 5.88 Å². The van der Waals surface area contributed by atoms with E-state index < -0.39 is 23.2 Å². The third-order valence-corrected chi connectivity index (χ3v) is 7.31. The van der Waals surface area contributed by atoms with Crippen molar-refractivity contribution in [3.63, 3.8) is 0 Å². The first-order valence-electron chi connectivity index (χ1n) is 13.3. The number of halogens is 5. The Morgan fingerprint density at radius 2 is 1.76 bits per heavy atom. The van der Waals surface area contributed by atoms with Crippen LogP contribution in [0.4, 0.5) is 23.2 Å². The molecule has 5 rings (SSSR count). The average Bonchev–Trinajstić information content (AvgIpc) is 2.93. The molecule has 0 fully saturated rings. The van der Waals surface area contributed by atoms with Crippen molar-refractivity contribution >= 4 is 23.2 Å². The molecular formula is C32H28ClF4N3O2. The Morgan fingerprint density at radius 3 is 2.43 bits per heavy atom. The van der Waals surface area contributed by atoms with Crippen LogP contribution in [0.1, 0.15) is 30.5 Å². The number of amides is 1. The van der Waals surface area contributed by atoms with Gasteiger partial charge in [0.25, 0.3) is 5.91 Å². The van der Waals surface area contributed by atoms with E-state index in [4.69, 9.17) is 16.3 Å². The Bertz CT molecular complexity index is 1570. The standard InChI is InChI=1S/C32H28ClF4N3O2/c1-31(2,42-29-13-9-24(17-38-29)32(35,36)37)30(41)39-27-16-23-15-22(21-6-10-26(34)11-7-21)8-12-28(23)40(19-27)18-20-4-3-5-25(33)14-20/h3-15,17,27H,16,18-19H2,1-2H3,(H,39,41). The zero-order valence-corrected chi connectivity index (χ0v) is 23.6. The number of rotatable bonds is 7. The number of benzene rings is 3. The molecule has 1 atom stereocenters. The maximum atomic E-state index is 13.5. The van der Waals surface area contributed by atoms with Crippen molar-refractivity contribution in [2.75, 3.05) is 11.4 Å². The summed E-state index contributed by atoms with van der Waals surface area (Å²) in [6.45, 7) is 4.12. The molecule has 0 saturated heterocycles. The lowest BCUT2D eigenvalue weighted by atomic mass is 9.93. The van der Waals surface area contributed by atoms with Crippen molar-refractivity contribution in [1.29, 1.82) is 0 Å². The minimum absolute atomic E-state index is 0.0938. The number of hydrogen-bond acceptors (Lipinski definition) is 4. The van der Waals surface area contributed by atoms with E-state index in [1.807, 2.05) is 36.4 Å². The summed E-state index contributed by atoms with van der Waals surface area (Å²) in [4.78, 5) is 19.3. The van der Waals surface area contributed by atoms with Crippen molar-refractivity contribution in [2.24, 2.45) is 0 Å². The van der Waals surface area contributed by atoms with E-state index in [1.165, 1.54) is 26.0 Å². The average molecular weight is 598 g/mol. The molecule has 42 heavy (non-hydrogen) atoms. The van der Waals surface area contributed by atoms with Gasteiger partial charge >= 0.3 is 6.18 Å². The zero-order chi connectivity index (χ0) is 30.1. The fourth-order valence-electron chi connectivity index (χ4n) is 4.95. The minimum Gasteiger partial charge on any atom is -0.462 e. The quantitative estimate of drug-likeness (QED) is 0.225. The number of carbonyl (C=O) groups is 1. The fourth-order valence-corrected chi connectivity index (χ4v) is 5.16. The van der Waals surface area contributed by atoms with Crippen molar-refractivity contribution in [3.8, 4) is 17.0 Å². The molecule has 4 aromatic rings. The lowest BCUT2D eigenvalue weighted by Gasteiger charge is -2.38. The highest BCUT2D eigenvalue weighted by atomic mass is 35.5. The van der Waals surface area contributed by atoms with E-state index in [9.17, 15) is 22.4 Å². The number of carbonyl (C=O) groups excluding carboxylic acids is 1. The lowest BCUT2D eigenvalue weighted by Crippen LogP contribution is -2.55. The van der Waals surface area contributed by atoms with Crippen molar-refractivity contribution < 1.29 is 27.1 Å². The summed E-state index contributed by atoms with van der Waals surface area (Å²) < 4.78 is 58.0. The Hall–Kier alpha value is -4.11. The van der Waals surface area contributed by atoms with E-state index in [0.29, 0.717) is 30.7 Å². The van der Waals surface area contributed by atoms with Crippen LogP contribution in [-0.4, -0.2) is 29.1 Å². The van der Waals surface area contributed by atoms with Crippen LogP contribution in [0.2, 0.25) is 5.02 Å². The maximum absolute atomic E-state index is 13.5. The summed E-state index contributed by atoms with van der Waals surface area (Å²) in [5.74, 6) is -0.845. The molecule has 1 aliphatic heterocycles. The number of nitrogens with zero attached hydrogens (tertiary/aromatic N) is 2. The highest BCUT2D eigenvalue weighted by Crippen LogP contribution is 2.34.